The standard InChI is InChI=1S/C31H39N7O2/c1-20(2)9-16-27(39)36-26-15-12-23(17-22(26)18-33-3)38-31-28(30(32)34-19-35-31)29(37-38)21-10-13-25(14-11-21)40-24-7-5-4-6-8-24/h4-8,10-11,13-14,19-20,22-23,26,33H,9,12,15-18H2,1-3H3,(H,36,39)(H2,32,34,35). The Hall–Kier alpha value is -3.98. The molecule has 1 aliphatic rings. The summed E-state index contributed by atoms with van der Waals surface area (Å²) in [6.45, 7) is 5.11. The molecule has 1 fully saturated rings. The summed E-state index contributed by atoms with van der Waals surface area (Å²) in [5.41, 5.74) is 8.80. The molecule has 4 N–H and O–H groups in total. The smallest absolute Gasteiger partial charge is 0.220 e. The first kappa shape index (κ1) is 27.6. The first-order valence-electron chi connectivity index (χ1n) is 14.2. The molecule has 1 saturated carbocycles. The maximum Gasteiger partial charge on any atom is 0.220 e. The molecule has 9 nitrogen and oxygen atoms in total. The summed E-state index contributed by atoms with van der Waals surface area (Å²) in [4.78, 5) is 21.5. The molecule has 2 aromatic heterocycles. The number of hydrogen-bond acceptors (Lipinski definition) is 7. The third-order valence-electron chi connectivity index (χ3n) is 7.69. The van der Waals surface area contributed by atoms with Gasteiger partial charge in [0.2, 0.25) is 5.91 Å². The molecule has 3 unspecified atom stereocenters. The molecule has 2 heterocycles. The fraction of sp³-hybridized carbons (Fsp3) is 0.419. The van der Waals surface area contributed by atoms with Gasteiger partial charge in [0.15, 0.2) is 5.65 Å². The number of nitrogens with one attached hydrogen (secondary N) is 2. The van der Waals surface area contributed by atoms with Crippen LogP contribution in [0.4, 0.5) is 5.82 Å². The lowest BCUT2D eigenvalue weighted by Gasteiger charge is -2.37. The highest BCUT2D eigenvalue weighted by molar-refractivity contribution is 5.98. The zero-order chi connectivity index (χ0) is 28.1. The number of benzene rings is 2. The summed E-state index contributed by atoms with van der Waals surface area (Å²) in [6.07, 6.45) is 5.62. The summed E-state index contributed by atoms with van der Waals surface area (Å²) in [5.74, 6) is 2.87. The Kier molecular flexibility index (Phi) is 8.60. The number of fused-ring (bicyclic) bond motifs is 1. The number of amides is 1. The van der Waals surface area contributed by atoms with Gasteiger partial charge in [-0.1, -0.05) is 32.0 Å². The molecule has 0 radical (unpaired) electrons. The Morgan fingerprint density at radius 1 is 1.07 bits per heavy atom. The van der Waals surface area contributed by atoms with E-state index in [0.717, 1.165) is 66.0 Å². The van der Waals surface area contributed by atoms with E-state index in [-0.39, 0.29) is 23.9 Å². The number of aromatic nitrogens is 4. The van der Waals surface area contributed by atoms with Gasteiger partial charge >= 0.3 is 0 Å². The van der Waals surface area contributed by atoms with Gasteiger partial charge in [0, 0.05) is 18.0 Å². The SMILES string of the molecule is CNCC1CC(n2nc(-c3ccc(Oc4ccccc4)cc3)c3c(N)ncnc32)CCC1NC(=O)CCC(C)C. The number of nitrogen functional groups attached to an aromatic ring is 1. The van der Waals surface area contributed by atoms with Crippen LogP contribution in [0.3, 0.4) is 0 Å². The van der Waals surface area contributed by atoms with Crippen LogP contribution in [-0.4, -0.2) is 45.3 Å². The first-order chi connectivity index (χ1) is 19.4. The van der Waals surface area contributed by atoms with Crippen molar-refractivity contribution in [1.29, 1.82) is 0 Å². The predicted octanol–water partition coefficient (Wildman–Crippen LogP) is 5.35. The van der Waals surface area contributed by atoms with Crippen molar-refractivity contribution in [3.8, 4) is 22.8 Å². The van der Waals surface area contributed by atoms with Crippen molar-refractivity contribution >= 4 is 22.8 Å². The van der Waals surface area contributed by atoms with Gasteiger partial charge in [-0.2, -0.15) is 5.10 Å². The zero-order valence-electron chi connectivity index (χ0n) is 23.5. The molecule has 0 spiro atoms. The van der Waals surface area contributed by atoms with E-state index in [0.29, 0.717) is 18.2 Å². The fourth-order valence-electron chi connectivity index (χ4n) is 5.60. The maximum atomic E-state index is 12.6. The first-order valence-corrected chi connectivity index (χ1v) is 14.2. The highest BCUT2D eigenvalue weighted by Crippen LogP contribution is 2.38. The van der Waals surface area contributed by atoms with Crippen LogP contribution in [0, 0.1) is 11.8 Å². The minimum absolute atomic E-state index is 0.133. The molecular formula is C31H39N7O2. The average Bonchev–Trinajstić information content (AvgIpc) is 3.35. The largest absolute Gasteiger partial charge is 0.457 e. The molecule has 4 aromatic rings. The number of nitrogens with zero attached hydrogens (tertiary/aromatic N) is 4. The van der Waals surface area contributed by atoms with Gasteiger partial charge in [0.05, 0.1) is 11.4 Å². The molecule has 1 amide bonds. The quantitative estimate of drug-likeness (QED) is 0.248. The topological polar surface area (TPSA) is 120 Å². The minimum Gasteiger partial charge on any atom is -0.457 e. The van der Waals surface area contributed by atoms with Crippen LogP contribution in [-0.2, 0) is 4.79 Å². The van der Waals surface area contributed by atoms with Crippen molar-refractivity contribution in [1.82, 2.24) is 30.4 Å². The van der Waals surface area contributed by atoms with Crippen molar-refractivity contribution in [3.63, 3.8) is 0 Å². The van der Waals surface area contributed by atoms with Crippen LogP contribution in [0.5, 0.6) is 11.5 Å². The van der Waals surface area contributed by atoms with Crippen LogP contribution < -0.4 is 21.1 Å². The number of ether oxygens (including phenoxy) is 1. The number of para-hydroxylation sites is 1. The lowest BCUT2D eigenvalue weighted by Crippen LogP contribution is -2.47. The summed E-state index contributed by atoms with van der Waals surface area (Å²) in [5, 5.41) is 12.5. The van der Waals surface area contributed by atoms with Gasteiger partial charge in [-0.05, 0) is 87.5 Å². The molecule has 5 rings (SSSR count). The Morgan fingerprint density at radius 3 is 2.55 bits per heavy atom. The highest BCUT2D eigenvalue weighted by atomic mass is 16.5. The van der Waals surface area contributed by atoms with Crippen LogP contribution >= 0.6 is 0 Å². The van der Waals surface area contributed by atoms with Crippen molar-refractivity contribution in [2.75, 3.05) is 19.3 Å². The van der Waals surface area contributed by atoms with E-state index in [1.54, 1.807) is 0 Å². The second-order valence-electron chi connectivity index (χ2n) is 11.1. The van der Waals surface area contributed by atoms with Crippen LogP contribution in [0.1, 0.15) is 52.0 Å². The molecule has 210 valence electrons. The molecule has 3 atom stereocenters. The Bertz CT molecular complexity index is 1420. The Balaban J connectivity index is 1.39. The predicted molar refractivity (Wildman–Crippen MR) is 158 cm³/mol. The van der Waals surface area contributed by atoms with E-state index >= 15 is 0 Å². The molecule has 9 heteroatoms. The van der Waals surface area contributed by atoms with E-state index in [1.807, 2.05) is 66.3 Å². The van der Waals surface area contributed by atoms with Crippen LogP contribution in [0.2, 0.25) is 0 Å². The molecule has 0 saturated heterocycles. The third-order valence-corrected chi connectivity index (χ3v) is 7.69. The van der Waals surface area contributed by atoms with E-state index < -0.39 is 0 Å². The van der Waals surface area contributed by atoms with Gasteiger partial charge in [-0.25, -0.2) is 14.6 Å². The van der Waals surface area contributed by atoms with Crippen molar-refractivity contribution in [2.45, 2.75) is 58.0 Å². The van der Waals surface area contributed by atoms with Crippen molar-refractivity contribution < 1.29 is 9.53 Å². The summed E-state index contributed by atoms with van der Waals surface area (Å²) < 4.78 is 7.99. The molecule has 2 aromatic carbocycles. The van der Waals surface area contributed by atoms with Crippen molar-refractivity contribution in [3.05, 3.63) is 60.9 Å². The number of rotatable bonds is 10. The Labute approximate surface area is 235 Å². The number of anilines is 1. The van der Waals surface area contributed by atoms with Crippen LogP contribution in [0.15, 0.2) is 60.9 Å². The fourth-order valence-corrected chi connectivity index (χ4v) is 5.60. The Morgan fingerprint density at radius 2 is 1.82 bits per heavy atom. The van der Waals surface area contributed by atoms with Gasteiger partial charge in [0.1, 0.15) is 29.3 Å². The molecule has 0 aliphatic heterocycles. The molecular weight excluding hydrogens is 502 g/mol. The minimum atomic E-state index is 0.133. The van der Waals surface area contributed by atoms with Crippen LogP contribution in [0.25, 0.3) is 22.3 Å². The highest BCUT2D eigenvalue weighted by Gasteiger charge is 2.34. The number of carbonyl (C=O) groups excluding carboxylic acids is 1. The lowest BCUT2D eigenvalue weighted by atomic mass is 9.81. The third kappa shape index (κ3) is 6.25. The lowest BCUT2D eigenvalue weighted by molar-refractivity contribution is -0.122. The molecule has 1 aliphatic carbocycles. The van der Waals surface area contributed by atoms with E-state index in [1.165, 1.54) is 6.33 Å². The van der Waals surface area contributed by atoms with Gasteiger partial charge in [0.25, 0.3) is 0 Å². The van der Waals surface area contributed by atoms with E-state index in [2.05, 4.69) is 34.4 Å². The number of nitrogens with two attached hydrogens (primary N) is 1. The second-order valence-corrected chi connectivity index (χ2v) is 11.1. The number of hydrogen-bond donors (Lipinski definition) is 3. The van der Waals surface area contributed by atoms with Gasteiger partial charge < -0.3 is 21.1 Å². The second kappa shape index (κ2) is 12.5. The van der Waals surface area contributed by atoms with Crippen molar-refractivity contribution in [2.24, 2.45) is 11.8 Å². The zero-order valence-corrected chi connectivity index (χ0v) is 23.5. The van der Waals surface area contributed by atoms with E-state index in [9.17, 15) is 4.79 Å². The molecule has 0 bridgehead atoms. The summed E-state index contributed by atoms with van der Waals surface area (Å²) in [7, 11) is 1.96. The molecule has 40 heavy (non-hydrogen) atoms. The van der Waals surface area contributed by atoms with Gasteiger partial charge in [-0.15, -0.1) is 0 Å². The average molecular weight is 542 g/mol. The monoisotopic (exact) mass is 541 g/mol. The normalized spacial score (nSPS) is 19.1. The van der Waals surface area contributed by atoms with Gasteiger partial charge in [-0.3, -0.25) is 4.79 Å². The maximum absolute atomic E-state index is 12.6. The summed E-state index contributed by atoms with van der Waals surface area (Å²) in [6, 6.07) is 17.8. The summed E-state index contributed by atoms with van der Waals surface area (Å²) >= 11 is 0. The van der Waals surface area contributed by atoms with E-state index in [4.69, 9.17) is 15.6 Å². The number of carbonyl (C=O) groups is 1.